The lowest BCUT2D eigenvalue weighted by Crippen LogP contribution is -2.43. The average molecular weight is 248 g/mol. The minimum Gasteiger partial charge on any atom is -0.507 e. The van der Waals surface area contributed by atoms with Crippen LogP contribution in [0.5, 0.6) is 5.75 Å². The zero-order chi connectivity index (χ0) is 13.5. The van der Waals surface area contributed by atoms with Crippen LogP contribution in [0.1, 0.15) is 55.7 Å². The summed E-state index contributed by atoms with van der Waals surface area (Å²) in [6.07, 6.45) is 2.16. The molecule has 2 rings (SSSR count). The van der Waals surface area contributed by atoms with Crippen LogP contribution in [0.3, 0.4) is 0 Å². The number of aryl methyl sites for hydroxylation is 1. The molecule has 0 amide bonds. The Morgan fingerprint density at radius 1 is 1.33 bits per heavy atom. The van der Waals surface area contributed by atoms with Gasteiger partial charge < -0.3 is 10.2 Å². The first kappa shape index (κ1) is 12.9. The van der Waals surface area contributed by atoms with Gasteiger partial charge in [0.15, 0.2) is 0 Å². The average Bonchev–Trinajstić information content (AvgIpc) is 2.19. The zero-order valence-electron chi connectivity index (χ0n) is 11.2. The molecule has 0 unspecified atom stereocenters. The van der Waals surface area contributed by atoms with E-state index >= 15 is 0 Å². The summed E-state index contributed by atoms with van der Waals surface area (Å²) in [6, 6.07) is 3.82. The van der Waals surface area contributed by atoms with Crippen LogP contribution in [0.4, 0.5) is 0 Å². The standard InChI is InChI=1S/C15H20O3/c1-9(2)11-6-5-10(3)12(13(11)16)15(14(17)18)7-4-8-15/h5-6,9,16H,4,7-8H2,1-3H3,(H,17,18). The number of carboxylic acid groups (broad SMARTS) is 1. The molecule has 0 saturated heterocycles. The van der Waals surface area contributed by atoms with Crippen molar-refractivity contribution in [1.29, 1.82) is 0 Å². The molecule has 98 valence electrons. The Morgan fingerprint density at radius 3 is 2.33 bits per heavy atom. The van der Waals surface area contributed by atoms with Gasteiger partial charge in [0.2, 0.25) is 0 Å². The Hall–Kier alpha value is -1.51. The van der Waals surface area contributed by atoms with Gasteiger partial charge in [-0.1, -0.05) is 32.4 Å². The number of phenols is 1. The van der Waals surface area contributed by atoms with Crippen molar-refractivity contribution < 1.29 is 15.0 Å². The number of phenolic OH excluding ortho intramolecular Hbond substituents is 1. The molecule has 0 aromatic heterocycles. The highest BCUT2D eigenvalue weighted by molar-refractivity contribution is 5.84. The maximum Gasteiger partial charge on any atom is 0.314 e. The van der Waals surface area contributed by atoms with Crippen molar-refractivity contribution >= 4 is 5.97 Å². The van der Waals surface area contributed by atoms with Crippen molar-refractivity contribution in [1.82, 2.24) is 0 Å². The third kappa shape index (κ3) is 1.69. The van der Waals surface area contributed by atoms with E-state index in [1.165, 1.54) is 0 Å². The smallest absolute Gasteiger partial charge is 0.314 e. The second kappa shape index (κ2) is 4.30. The summed E-state index contributed by atoms with van der Waals surface area (Å²) in [7, 11) is 0. The first-order valence-corrected chi connectivity index (χ1v) is 6.46. The fourth-order valence-electron chi connectivity index (χ4n) is 2.88. The van der Waals surface area contributed by atoms with Crippen LogP contribution in [0, 0.1) is 6.92 Å². The van der Waals surface area contributed by atoms with Gasteiger partial charge in [0.05, 0.1) is 5.41 Å². The van der Waals surface area contributed by atoms with E-state index in [1.807, 2.05) is 32.9 Å². The number of carboxylic acids is 1. The normalized spacial score (nSPS) is 17.6. The Labute approximate surface area is 107 Å². The fourth-order valence-corrected chi connectivity index (χ4v) is 2.88. The quantitative estimate of drug-likeness (QED) is 0.862. The second-order valence-electron chi connectivity index (χ2n) is 5.59. The summed E-state index contributed by atoms with van der Waals surface area (Å²) >= 11 is 0. The number of aliphatic carboxylic acids is 1. The van der Waals surface area contributed by atoms with E-state index in [9.17, 15) is 15.0 Å². The van der Waals surface area contributed by atoms with Crippen LogP contribution in [0.15, 0.2) is 12.1 Å². The molecule has 2 N–H and O–H groups in total. The summed E-state index contributed by atoms with van der Waals surface area (Å²) in [6.45, 7) is 5.88. The molecule has 18 heavy (non-hydrogen) atoms. The zero-order valence-corrected chi connectivity index (χ0v) is 11.2. The number of rotatable bonds is 3. The molecule has 0 spiro atoms. The first-order valence-electron chi connectivity index (χ1n) is 6.46. The van der Waals surface area contributed by atoms with Crippen LogP contribution < -0.4 is 0 Å². The van der Waals surface area contributed by atoms with Crippen molar-refractivity contribution in [3.8, 4) is 5.75 Å². The van der Waals surface area contributed by atoms with E-state index in [2.05, 4.69) is 0 Å². The van der Waals surface area contributed by atoms with Crippen LogP contribution >= 0.6 is 0 Å². The molecular weight excluding hydrogens is 228 g/mol. The highest BCUT2D eigenvalue weighted by Crippen LogP contribution is 2.50. The monoisotopic (exact) mass is 248 g/mol. The molecule has 0 aliphatic heterocycles. The van der Waals surface area contributed by atoms with Gasteiger partial charge in [-0.2, -0.15) is 0 Å². The predicted octanol–water partition coefficient (Wildman–Crippen LogP) is 3.33. The largest absolute Gasteiger partial charge is 0.507 e. The maximum atomic E-state index is 11.6. The van der Waals surface area contributed by atoms with Gasteiger partial charge in [-0.25, -0.2) is 0 Å². The van der Waals surface area contributed by atoms with Crippen molar-refractivity contribution in [3.05, 3.63) is 28.8 Å². The third-order valence-electron chi connectivity index (χ3n) is 4.13. The molecule has 0 atom stereocenters. The molecule has 0 bridgehead atoms. The lowest BCUT2D eigenvalue weighted by molar-refractivity contribution is -0.147. The van der Waals surface area contributed by atoms with Gasteiger partial charge in [0.25, 0.3) is 0 Å². The molecule has 3 heteroatoms. The van der Waals surface area contributed by atoms with E-state index in [0.717, 1.165) is 17.5 Å². The molecule has 1 saturated carbocycles. The van der Waals surface area contributed by atoms with E-state index in [4.69, 9.17) is 0 Å². The second-order valence-corrected chi connectivity index (χ2v) is 5.59. The Morgan fingerprint density at radius 2 is 1.94 bits per heavy atom. The lowest BCUT2D eigenvalue weighted by atomic mass is 9.62. The molecule has 3 nitrogen and oxygen atoms in total. The predicted molar refractivity (Wildman–Crippen MR) is 70.1 cm³/mol. The lowest BCUT2D eigenvalue weighted by Gasteiger charge is -2.40. The Bertz CT molecular complexity index is 485. The molecule has 0 heterocycles. The van der Waals surface area contributed by atoms with Gasteiger partial charge >= 0.3 is 5.97 Å². The summed E-state index contributed by atoms with van der Waals surface area (Å²) in [5, 5.41) is 19.9. The van der Waals surface area contributed by atoms with Gasteiger partial charge in [0.1, 0.15) is 5.75 Å². The number of benzene rings is 1. The van der Waals surface area contributed by atoms with E-state index in [0.29, 0.717) is 18.4 Å². The van der Waals surface area contributed by atoms with Gasteiger partial charge in [-0.3, -0.25) is 4.79 Å². The Balaban J connectivity index is 2.63. The third-order valence-corrected chi connectivity index (χ3v) is 4.13. The number of carbonyl (C=O) groups is 1. The molecule has 0 radical (unpaired) electrons. The van der Waals surface area contributed by atoms with Crippen molar-refractivity contribution in [2.24, 2.45) is 0 Å². The maximum absolute atomic E-state index is 11.6. The van der Waals surface area contributed by atoms with Crippen LogP contribution in [-0.2, 0) is 10.2 Å². The topological polar surface area (TPSA) is 57.5 Å². The molecular formula is C15H20O3. The number of aromatic hydroxyl groups is 1. The molecule has 1 aliphatic rings. The van der Waals surface area contributed by atoms with Crippen LogP contribution in [-0.4, -0.2) is 16.2 Å². The van der Waals surface area contributed by atoms with Gasteiger partial charge in [-0.15, -0.1) is 0 Å². The van der Waals surface area contributed by atoms with Gasteiger partial charge in [0, 0.05) is 5.56 Å². The summed E-state index contributed by atoms with van der Waals surface area (Å²) < 4.78 is 0. The van der Waals surface area contributed by atoms with E-state index in [-0.39, 0.29) is 11.7 Å². The molecule has 1 aliphatic carbocycles. The summed E-state index contributed by atoms with van der Waals surface area (Å²) in [5.41, 5.74) is 1.48. The number of hydrogen-bond acceptors (Lipinski definition) is 2. The highest BCUT2D eigenvalue weighted by atomic mass is 16.4. The van der Waals surface area contributed by atoms with E-state index in [1.54, 1.807) is 0 Å². The SMILES string of the molecule is Cc1ccc(C(C)C)c(O)c1C1(C(=O)O)CCC1. The summed E-state index contributed by atoms with van der Waals surface area (Å²) in [5.74, 6) is -0.435. The highest BCUT2D eigenvalue weighted by Gasteiger charge is 2.48. The van der Waals surface area contributed by atoms with Crippen LogP contribution in [0.2, 0.25) is 0 Å². The van der Waals surface area contributed by atoms with Crippen molar-refractivity contribution in [2.75, 3.05) is 0 Å². The molecule has 1 aromatic rings. The van der Waals surface area contributed by atoms with E-state index < -0.39 is 11.4 Å². The van der Waals surface area contributed by atoms with Crippen molar-refractivity contribution in [2.45, 2.75) is 51.4 Å². The Kier molecular flexibility index (Phi) is 3.09. The van der Waals surface area contributed by atoms with Crippen LogP contribution in [0.25, 0.3) is 0 Å². The van der Waals surface area contributed by atoms with Gasteiger partial charge in [-0.05, 0) is 36.8 Å². The molecule has 1 fully saturated rings. The van der Waals surface area contributed by atoms with Crippen molar-refractivity contribution in [3.63, 3.8) is 0 Å². The first-order chi connectivity index (χ1) is 8.40. The molecule has 1 aromatic carbocycles. The fraction of sp³-hybridized carbons (Fsp3) is 0.533. The summed E-state index contributed by atoms with van der Waals surface area (Å²) in [4.78, 5) is 11.6. The minimum atomic E-state index is -0.862. The minimum absolute atomic E-state index is 0.187. The number of hydrogen-bond donors (Lipinski definition) is 2.